The summed E-state index contributed by atoms with van der Waals surface area (Å²) in [7, 11) is 0. The molecule has 0 aliphatic rings. The zero-order chi connectivity index (χ0) is 9.68. The Morgan fingerprint density at radius 1 is 1.38 bits per heavy atom. The van der Waals surface area contributed by atoms with E-state index in [0.717, 1.165) is 5.56 Å². The molecule has 0 aromatic heterocycles. The van der Waals surface area contributed by atoms with Crippen LogP contribution >= 0.6 is 11.6 Å². The monoisotopic (exact) mass is 196 g/mol. The minimum atomic E-state index is -0.338. The highest BCUT2D eigenvalue weighted by atomic mass is 35.5. The summed E-state index contributed by atoms with van der Waals surface area (Å²) in [6.45, 7) is 0. The lowest BCUT2D eigenvalue weighted by atomic mass is 10.2. The van der Waals surface area contributed by atoms with Crippen molar-refractivity contribution in [2.75, 3.05) is 0 Å². The van der Waals surface area contributed by atoms with E-state index in [2.05, 4.69) is 0 Å². The van der Waals surface area contributed by atoms with Gasteiger partial charge in [-0.3, -0.25) is 10.2 Å². The Balaban J connectivity index is 2.69. The van der Waals surface area contributed by atoms with Gasteiger partial charge in [0.25, 0.3) is 5.91 Å². The second-order valence-corrected chi connectivity index (χ2v) is 2.83. The maximum absolute atomic E-state index is 10.7. The summed E-state index contributed by atoms with van der Waals surface area (Å²) in [5, 5.41) is 0.667. The van der Waals surface area contributed by atoms with Gasteiger partial charge >= 0.3 is 0 Å². The second-order valence-electron chi connectivity index (χ2n) is 2.39. The lowest BCUT2D eigenvalue weighted by Crippen LogP contribution is -2.27. The minimum Gasteiger partial charge on any atom is -0.291 e. The number of hydrazine groups is 1. The van der Waals surface area contributed by atoms with E-state index in [1.807, 2.05) is 17.6 Å². The summed E-state index contributed by atoms with van der Waals surface area (Å²) in [5.74, 6) is 4.55. The number of nitrogens with one attached hydrogen (secondary N) is 1. The zero-order valence-corrected chi connectivity index (χ0v) is 7.58. The molecule has 0 saturated heterocycles. The van der Waals surface area contributed by atoms with Crippen LogP contribution in [0.25, 0.3) is 6.08 Å². The van der Waals surface area contributed by atoms with E-state index in [1.54, 1.807) is 18.2 Å². The molecule has 1 amide bonds. The Kier molecular flexibility index (Phi) is 3.49. The van der Waals surface area contributed by atoms with E-state index < -0.39 is 0 Å². The van der Waals surface area contributed by atoms with Crippen LogP contribution in [0.4, 0.5) is 0 Å². The van der Waals surface area contributed by atoms with E-state index in [9.17, 15) is 4.79 Å². The predicted octanol–water partition coefficient (Wildman–Crippen LogP) is 1.34. The molecule has 0 radical (unpaired) electrons. The van der Waals surface area contributed by atoms with Gasteiger partial charge in [-0.2, -0.15) is 0 Å². The van der Waals surface area contributed by atoms with Crippen molar-refractivity contribution in [1.29, 1.82) is 0 Å². The van der Waals surface area contributed by atoms with Crippen molar-refractivity contribution in [2.24, 2.45) is 5.84 Å². The quantitative estimate of drug-likeness (QED) is 0.325. The third-order valence-electron chi connectivity index (χ3n) is 1.44. The van der Waals surface area contributed by atoms with Gasteiger partial charge < -0.3 is 0 Å². The average Bonchev–Trinajstić information content (AvgIpc) is 2.16. The van der Waals surface area contributed by atoms with Crippen LogP contribution < -0.4 is 11.3 Å². The second kappa shape index (κ2) is 4.64. The maximum Gasteiger partial charge on any atom is 0.257 e. The molecule has 13 heavy (non-hydrogen) atoms. The minimum absolute atomic E-state index is 0.338. The number of nitrogens with two attached hydrogens (primary N) is 1. The number of rotatable bonds is 2. The van der Waals surface area contributed by atoms with Gasteiger partial charge in [-0.05, 0) is 23.8 Å². The normalized spacial score (nSPS) is 10.3. The highest BCUT2D eigenvalue weighted by molar-refractivity contribution is 6.30. The number of halogens is 1. The Bertz CT molecular complexity index is 319. The first kappa shape index (κ1) is 9.77. The number of hydrogen-bond donors (Lipinski definition) is 2. The van der Waals surface area contributed by atoms with Crippen LogP contribution in [0.2, 0.25) is 5.02 Å². The van der Waals surface area contributed by atoms with Gasteiger partial charge in [0.05, 0.1) is 0 Å². The number of carbonyl (C=O) groups is 1. The van der Waals surface area contributed by atoms with Crippen LogP contribution in [0.1, 0.15) is 5.56 Å². The van der Waals surface area contributed by atoms with Gasteiger partial charge in [0, 0.05) is 11.1 Å². The van der Waals surface area contributed by atoms with Crippen molar-refractivity contribution in [1.82, 2.24) is 5.43 Å². The summed E-state index contributed by atoms with van der Waals surface area (Å²) in [6, 6.07) is 7.12. The highest BCUT2D eigenvalue weighted by Crippen LogP contribution is 2.10. The lowest BCUT2D eigenvalue weighted by Gasteiger charge is -1.93. The molecule has 0 atom stereocenters. The molecule has 0 aliphatic heterocycles. The van der Waals surface area contributed by atoms with Gasteiger partial charge in [-0.1, -0.05) is 23.7 Å². The molecule has 1 rings (SSSR count). The largest absolute Gasteiger partial charge is 0.291 e. The zero-order valence-electron chi connectivity index (χ0n) is 6.83. The summed E-state index contributed by atoms with van der Waals surface area (Å²) >= 11 is 5.68. The van der Waals surface area contributed by atoms with Crippen molar-refractivity contribution in [2.45, 2.75) is 0 Å². The molecule has 0 fully saturated rings. The van der Waals surface area contributed by atoms with E-state index in [-0.39, 0.29) is 5.91 Å². The predicted molar refractivity (Wildman–Crippen MR) is 52.8 cm³/mol. The molecule has 0 unspecified atom stereocenters. The van der Waals surface area contributed by atoms with Crippen molar-refractivity contribution in [3.8, 4) is 0 Å². The molecule has 0 bridgehead atoms. The maximum atomic E-state index is 10.7. The molecule has 0 heterocycles. The molecule has 3 N–H and O–H groups in total. The van der Waals surface area contributed by atoms with Gasteiger partial charge in [0.15, 0.2) is 0 Å². The van der Waals surface area contributed by atoms with E-state index in [0.29, 0.717) is 5.02 Å². The van der Waals surface area contributed by atoms with Crippen molar-refractivity contribution >= 4 is 23.6 Å². The number of amides is 1. The molecular formula is C9H9ClN2O. The van der Waals surface area contributed by atoms with Gasteiger partial charge in [0.2, 0.25) is 0 Å². The summed E-state index contributed by atoms with van der Waals surface area (Å²) in [6.07, 6.45) is 3.00. The molecule has 0 saturated carbocycles. The first-order chi connectivity index (χ1) is 6.22. The van der Waals surface area contributed by atoms with Gasteiger partial charge in [0.1, 0.15) is 0 Å². The van der Waals surface area contributed by atoms with Gasteiger partial charge in [-0.25, -0.2) is 5.84 Å². The third kappa shape index (κ3) is 3.27. The molecule has 3 nitrogen and oxygen atoms in total. The van der Waals surface area contributed by atoms with Crippen LogP contribution in [-0.2, 0) is 4.79 Å². The van der Waals surface area contributed by atoms with E-state index in [1.165, 1.54) is 6.08 Å². The topological polar surface area (TPSA) is 55.1 Å². The van der Waals surface area contributed by atoms with Crippen LogP contribution in [0.5, 0.6) is 0 Å². The fraction of sp³-hybridized carbons (Fsp3) is 0. The van der Waals surface area contributed by atoms with Crippen molar-refractivity contribution in [3.63, 3.8) is 0 Å². The highest BCUT2D eigenvalue weighted by Gasteiger charge is 1.90. The third-order valence-corrected chi connectivity index (χ3v) is 1.69. The molecule has 1 aromatic carbocycles. The Morgan fingerprint density at radius 3 is 2.54 bits per heavy atom. The first-order valence-electron chi connectivity index (χ1n) is 3.66. The van der Waals surface area contributed by atoms with E-state index in [4.69, 9.17) is 17.4 Å². The fourth-order valence-corrected chi connectivity index (χ4v) is 0.920. The Morgan fingerprint density at radius 2 is 2.00 bits per heavy atom. The molecular weight excluding hydrogens is 188 g/mol. The average molecular weight is 197 g/mol. The molecule has 1 aromatic rings. The standard InChI is InChI=1S/C9H9ClN2O/c10-8-4-1-7(2-5-8)3-6-9(13)12-11/h1-6H,11H2,(H,12,13)/b6-3+. The Hall–Kier alpha value is -1.32. The van der Waals surface area contributed by atoms with Crippen LogP contribution in [-0.4, -0.2) is 5.91 Å². The number of hydrogen-bond acceptors (Lipinski definition) is 2. The molecule has 4 heteroatoms. The fourth-order valence-electron chi connectivity index (χ4n) is 0.794. The van der Waals surface area contributed by atoms with Crippen molar-refractivity contribution in [3.05, 3.63) is 40.9 Å². The molecule has 0 aliphatic carbocycles. The van der Waals surface area contributed by atoms with Crippen LogP contribution in [0.15, 0.2) is 30.3 Å². The number of carbonyl (C=O) groups excluding carboxylic acids is 1. The summed E-state index contributed by atoms with van der Waals surface area (Å²) < 4.78 is 0. The van der Waals surface area contributed by atoms with Crippen LogP contribution in [0.3, 0.4) is 0 Å². The Labute approximate surface area is 81.2 Å². The molecule has 68 valence electrons. The smallest absolute Gasteiger partial charge is 0.257 e. The summed E-state index contributed by atoms with van der Waals surface area (Å²) in [5.41, 5.74) is 2.89. The van der Waals surface area contributed by atoms with Gasteiger partial charge in [-0.15, -0.1) is 0 Å². The molecule has 0 spiro atoms. The van der Waals surface area contributed by atoms with Crippen molar-refractivity contribution < 1.29 is 4.79 Å². The first-order valence-corrected chi connectivity index (χ1v) is 4.04. The SMILES string of the molecule is NNC(=O)/C=C/c1ccc(Cl)cc1. The van der Waals surface area contributed by atoms with Crippen LogP contribution in [0, 0.1) is 0 Å². The lowest BCUT2D eigenvalue weighted by molar-refractivity contribution is -0.116. The number of benzene rings is 1. The van der Waals surface area contributed by atoms with E-state index >= 15 is 0 Å². The summed E-state index contributed by atoms with van der Waals surface area (Å²) in [4.78, 5) is 10.7.